The van der Waals surface area contributed by atoms with Gasteiger partial charge >= 0.3 is 0 Å². The molecular formula is C35H45NS. The number of allylic oxidation sites excluding steroid dienone is 1. The van der Waals surface area contributed by atoms with Gasteiger partial charge in [0.15, 0.2) is 0 Å². The molecule has 2 heteroatoms. The molecule has 1 heterocycles. The van der Waals surface area contributed by atoms with Gasteiger partial charge in [0.2, 0.25) is 0 Å². The normalized spacial score (nSPS) is 16.2. The Morgan fingerprint density at radius 2 is 1.46 bits per heavy atom. The van der Waals surface area contributed by atoms with Crippen LogP contribution in [-0.2, 0) is 10.8 Å². The molecule has 1 unspecified atom stereocenters. The van der Waals surface area contributed by atoms with Crippen molar-refractivity contribution in [2.24, 2.45) is 4.99 Å². The molecule has 0 spiro atoms. The zero-order valence-electron chi connectivity index (χ0n) is 24.8. The maximum atomic E-state index is 5.34. The van der Waals surface area contributed by atoms with Crippen LogP contribution in [0.4, 0.5) is 5.69 Å². The molecule has 0 bridgehead atoms. The molecule has 0 amide bonds. The van der Waals surface area contributed by atoms with Crippen molar-refractivity contribution in [3.8, 4) is 0 Å². The van der Waals surface area contributed by atoms with Crippen molar-refractivity contribution in [3.63, 3.8) is 0 Å². The number of hydrogen-bond acceptors (Lipinski definition) is 2. The highest BCUT2D eigenvalue weighted by molar-refractivity contribution is 7.11. The summed E-state index contributed by atoms with van der Waals surface area (Å²) in [6.07, 6.45) is 4.59. The van der Waals surface area contributed by atoms with E-state index in [-0.39, 0.29) is 16.7 Å². The van der Waals surface area contributed by atoms with Crippen LogP contribution < -0.4 is 0 Å². The Morgan fingerprint density at radius 3 is 2.00 bits per heavy atom. The van der Waals surface area contributed by atoms with Gasteiger partial charge in [0, 0.05) is 22.6 Å². The number of para-hydroxylation sites is 1. The third-order valence-corrected chi connectivity index (χ3v) is 8.59. The zero-order valence-corrected chi connectivity index (χ0v) is 25.6. The van der Waals surface area contributed by atoms with Crippen LogP contribution in [0.15, 0.2) is 52.3 Å². The number of thiophene rings is 1. The van der Waals surface area contributed by atoms with Gasteiger partial charge in [0.25, 0.3) is 0 Å². The minimum absolute atomic E-state index is 0.0104. The van der Waals surface area contributed by atoms with Crippen LogP contribution in [-0.4, -0.2) is 6.21 Å². The summed E-state index contributed by atoms with van der Waals surface area (Å²) in [6, 6.07) is 13.9. The SMILES string of the molecule is CC1=Cc2sccc2C1c1cc(C(C)(C)C)cc(C(C)(C)C)c1C=Nc1c(C(C)C)cccc1C(C)C. The van der Waals surface area contributed by atoms with E-state index in [9.17, 15) is 0 Å². The Kier molecular flexibility index (Phi) is 7.47. The number of fused-ring (bicyclic) bond motifs is 1. The fourth-order valence-electron chi connectivity index (χ4n) is 5.54. The molecule has 196 valence electrons. The maximum Gasteiger partial charge on any atom is 0.0699 e. The van der Waals surface area contributed by atoms with Gasteiger partial charge in [-0.05, 0) is 80.5 Å². The van der Waals surface area contributed by atoms with Crippen molar-refractivity contribution in [1.29, 1.82) is 0 Å². The molecular weight excluding hydrogens is 466 g/mol. The average Bonchev–Trinajstić information content (AvgIpc) is 3.35. The van der Waals surface area contributed by atoms with Crippen molar-refractivity contribution in [2.45, 2.75) is 105 Å². The summed E-state index contributed by atoms with van der Waals surface area (Å²) in [6.45, 7) is 25.4. The summed E-state index contributed by atoms with van der Waals surface area (Å²) >= 11 is 1.85. The minimum Gasteiger partial charge on any atom is -0.256 e. The first-order valence-electron chi connectivity index (χ1n) is 13.8. The quantitative estimate of drug-likeness (QED) is 0.302. The summed E-state index contributed by atoms with van der Waals surface area (Å²) in [4.78, 5) is 6.74. The third kappa shape index (κ3) is 5.41. The first kappa shape index (κ1) is 27.6. The van der Waals surface area contributed by atoms with Crippen LogP contribution in [0.3, 0.4) is 0 Å². The topological polar surface area (TPSA) is 12.4 Å². The van der Waals surface area contributed by atoms with E-state index >= 15 is 0 Å². The molecule has 1 atom stereocenters. The first-order valence-corrected chi connectivity index (χ1v) is 14.7. The van der Waals surface area contributed by atoms with E-state index in [1.807, 2.05) is 11.3 Å². The number of benzene rings is 2. The average molecular weight is 512 g/mol. The van der Waals surface area contributed by atoms with Gasteiger partial charge in [-0.1, -0.05) is 105 Å². The molecule has 1 aliphatic carbocycles. The highest BCUT2D eigenvalue weighted by atomic mass is 32.1. The lowest BCUT2D eigenvalue weighted by Crippen LogP contribution is -2.21. The second kappa shape index (κ2) is 10.0. The fraction of sp³-hybridized carbons (Fsp3) is 0.457. The Balaban J connectivity index is 2.03. The lowest BCUT2D eigenvalue weighted by Gasteiger charge is -2.31. The molecule has 37 heavy (non-hydrogen) atoms. The standard InChI is InChI=1S/C35H45NS/c1-21(2)25-13-12-14-26(22(3)4)33(25)36-20-29-28(32-23(5)17-31-27(32)15-16-37-31)18-24(34(6,7)8)19-30(29)35(9,10)11/h12-22,32H,1-11H3. The second-order valence-electron chi connectivity index (χ2n) is 13.4. The Morgan fingerprint density at radius 1 is 0.838 bits per heavy atom. The zero-order chi connectivity index (χ0) is 27.3. The number of hydrogen-bond donors (Lipinski definition) is 0. The molecule has 0 radical (unpaired) electrons. The molecule has 0 saturated carbocycles. The summed E-state index contributed by atoms with van der Waals surface area (Å²) < 4.78 is 0. The van der Waals surface area contributed by atoms with Crippen molar-refractivity contribution in [3.05, 3.63) is 91.2 Å². The highest BCUT2D eigenvalue weighted by Gasteiger charge is 2.32. The van der Waals surface area contributed by atoms with Crippen LogP contribution in [0, 0.1) is 0 Å². The van der Waals surface area contributed by atoms with Gasteiger partial charge in [-0.15, -0.1) is 11.3 Å². The van der Waals surface area contributed by atoms with Crippen LogP contribution in [0.5, 0.6) is 0 Å². The predicted molar refractivity (Wildman–Crippen MR) is 166 cm³/mol. The molecule has 3 aromatic rings. The molecule has 0 aliphatic heterocycles. The number of nitrogens with zero attached hydrogens (tertiary/aromatic N) is 1. The van der Waals surface area contributed by atoms with Gasteiger partial charge in [-0.3, -0.25) is 4.99 Å². The Labute approximate surface area is 229 Å². The van der Waals surface area contributed by atoms with Gasteiger partial charge < -0.3 is 0 Å². The third-order valence-electron chi connectivity index (χ3n) is 7.71. The van der Waals surface area contributed by atoms with Gasteiger partial charge in [0.05, 0.1) is 5.69 Å². The number of aliphatic imine (C=N–C) groups is 1. The lowest BCUT2D eigenvalue weighted by atomic mass is 9.74. The summed E-state index contributed by atoms with van der Waals surface area (Å²) in [5, 5.41) is 2.24. The predicted octanol–water partition coefficient (Wildman–Crippen LogP) is 10.9. The largest absolute Gasteiger partial charge is 0.256 e. The monoisotopic (exact) mass is 511 g/mol. The van der Waals surface area contributed by atoms with E-state index in [4.69, 9.17) is 4.99 Å². The molecule has 0 fully saturated rings. The van der Waals surface area contributed by atoms with Crippen molar-refractivity contribution in [2.75, 3.05) is 0 Å². The molecule has 0 saturated heterocycles. The summed E-state index contributed by atoms with van der Waals surface area (Å²) in [5.41, 5.74) is 12.2. The van der Waals surface area contributed by atoms with Crippen LogP contribution in [0.1, 0.15) is 138 Å². The van der Waals surface area contributed by atoms with Crippen molar-refractivity contribution < 1.29 is 0 Å². The van der Waals surface area contributed by atoms with E-state index in [0.29, 0.717) is 11.8 Å². The number of rotatable bonds is 5. The first-order chi connectivity index (χ1) is 17.2. The second-order valence-corrected chi connectivity index (χ2v) is 14.4. The summed E-state index contributed by atoms with van der Waals surface area (Å²) in [5.74, 6) is 1.11. The molecule has 0 N–H and O–H groups in total. The van der Waals surface area contributed by atoms with E-state index in [1.54, 1.807) is 0 Å². The molecule has 1 aliphatic rings. The Bertz CT molecular complexity index is 1320. The van der Waals surface area contributed by atoms with Gasteiger partial charge in [-0.25, -0.2) is 0 Å². The van der Waals surface area contributed by atoms with Crippen molar-refractivity contribution in [1.82, 2.24) is 0 Å². The van der Waals surface area contributed by atoms with E-state index in [2.05, 4.69) is 130 Å². The Hall–Kier alpha value is -2.45. The van der Waals surface area contributed by atoms with E-state index in [0.717, 1.165) is 5.69 Å². The van der Waals surface area contributed by atoms with Crippen LogP contribution in [0.25, 0.3) is 6.08 Å². The van der Waals surface area contributed by atoms with Crippen molar-refractivity contribution >= 4 is 29.3 Å². The van der Waals surface area contributed by atoms with Gasteiger partial charge in [-0.2, -0.15) is 0 Å². The maximum absolute atomic E-state index is 5.34. The molecule has 2 aromatic carbocycles. The smallest absolute Gasteiger partial charge is 0.0699 e. The molecule has 1 aromatic heterocycles. The molecule has 4 rings (SSSR count). The minimum atomic E-state index is -0.0104. The van der Waals surface area contributed by atoms with E-state index < -0.39 is 0 Å². The lowest BCUT2D eigenvalue weighted by molar-refractivity contribution is 0.566. The van der Waals surface area contributed by atoms with Crippen LogP contribution >= 0.6 is 11.3 Å². The van der Waals surface area contributed by atoms with Crippen LogP contribution in [0.2, 0.25) is 0 Å². The fourth-order valence-corrected chi connectivity index (χ4v) is 6.47. The van der Waals surface area contributed by atoms with E-state index in [1.165, 1.54) is 49.4 Å². The van der Waals surface area contributed by atoms with Gasteiger partial charge in [0.1, 0.15) is 0 Å². The summed E-state index contributed by atoms with van der Waals surface area (Å²) in [7, 11) is 0. The molecule has 1 nitrogen and oxygen atoms in total. The highest BCUT2D eigenvalue weighted by Crippen LogP contribution is 2.47.